The second-order valence-electron chi connectivity index (χ2n) is 7.32. The van der Waals surface area contributed by atoms with Gasteiger partial charge >= 0.3 is 0 Å². The van der Waals surface area contributed by atoms with Gasteiger partial charge in [-0.25, -0.2) is 0 Å². The molecule has 0 bridgehead atoms. The van der Waals surface area contributed by atoms with Gasteiger partial charge in [-0.05, 0) is 13.8 Å². The Balaban J connectivity index is 1.85. The van der Waals surface area contributed by atoms with Crippen LogP contribution in [0.1, 0.15) is 59.2 Å². The summed E-state index contributed by atoms with van der Waals surface area (Å²) in [5, 5.41) is 3.86. The van der Waals surface area contributed by atoms with E-state index in [1.165, 1.54) is 0 Å². The maximum absolute atomic E-state index is 13.3. The second-order valence-corrected chi connectivity index (χ2v) is 7.32. The topological polar surface area (TPSA) is 77.2 Å². The predicted octanol–water partition coefficient (Wildman–Crippen LogP) is 4.98. The van der Waals surface area contributed by atoms with Crippen molar-refractivity contribution in [2.24, 2.45) is 0 Å². The minimum atomic E-state index is -0.505. The summed E-state index contributed by atoms with van der Waals surface area (Å²) in [6, 6.07) is 22.2. The average molecular weight is 409 g/mol. The van der Waals surface area contributed by atoms with Gasteiger partial charge in [0, 0.05) is 16.7 Å². The Labute approximate surface area is 179 Å². The van der Waals surface area contributed by atoms with Gasteiger partial charge in [-0.15, -0.1) is 0 Å². The SMILES string of the molecule is Cc1ccc(C(=O)c2noc(C(=O)c3ccc(C)cc3)c2C(=O)c2ccccc2)cc1. The maximum atomic E-state index is 13.3. The fourth-order valence-electron chi connectivity index (χ4n) is 3.22. The molecule has 0 atom stereocenters. The fraction of sp³-hybridized carbons (Fsp3) is 0.0769. The van der Waals surface area contributed by atoms with Gasteiger partial charge < -0.3 is 4.52 Å². The van der Waals surface area contributed by atoms with E-state index in [4.69, 9.17) is 4.52 Å². The standard InChI is InChI=1S/C26H19NO4/c1-16-8-12-19(13-9-16)24(29)22-21(23(28)18-6-4-3-5-7-18)26(31-27-22)25(30)20-14-10-17(2)11-15-20/h3-15H,1-2H3. The molecular formula is C26H19NO4. The van der Waals surface area contributed by atoms with Crippen molar-refractivity contribution in [1.82, 2.24) is 5.16 Å². The van der Waals surface area contributed by atoms with E-state index in [1.807, 2.05) is 13.8 Å². The van der Waals surface area contributed by atoms with Crippen LogP contribution in [-0.2, 0) is 0 Å². The maximum Gasteiger partial charge on any atom is 0.231 e. The van der Waals surface area contributed by atoms with Crippen LogP contribution in [0, 0.1) is 13.8 Å². The van der Waals surface area contributed by atoms with Crippen molar-refractivity contribution < 1.29 is 18.9 Å². The van der Waals surface area contributed by atoms with Crippen molar-refractivity contribution in [2.45, 2.75) is 13.8 Å². The molecule has 0 aliphatic heterocycles. The number of carbonyl (C=O) groups is 3. The Morgan fingerprint density at radius 1 is 0.613 bits per heavy atom. The third-order valence-corrected chi connectivity index (χ3v) is 5.00. The molecule has 5 heteroatoms. The highest BCUT2D eigenvalue weighted by molar-refractivity contribution is 6.24. The summed E-state index contributed by atoms with van der Waals surface area (Å²) in [5.74, 6) is -1.72. The van der Waals surface area contributed by atoms with Crippen LogP contribution in [0.15, 0.2) is 83.4 Å². The number of ketones is 3. The molecule has 4 aromatic rings. The zero-order chi connectivity index (χ0) is 22.0. The summed E-state index contributed by atoms with van der Waals surface area (Å²) in [7, 11) is 0. The van der Waals surface area contributed by atoms with E-state index in [0.29, 0.717) is 16.7 Å². The number of nitrogens with zero attached hydrogens (tertiary/aromatic N) is 1. The Kier molecular flexibility index (Phi) is 5.41. The molecule has 0 amide bonds. The van der Waals surface area contributed by atoms with Crippen molar-refractivity contribution in [1.29, 1.82) is 0 Å². The molecule has 1 aromatic heterocycles. The summed E-state index contributed by atoms with van der Waals surface area (Å²) >= 11 is 0. The van der Waals surface area contributed by atoms with Gasteiger partial charge in [0.2, 0.25) is 17.3 Å². The monoisotopic (exact) mass is 409 g/mol. The molecule has 3 aromatic carbocycles. The quantitative estimate of drug-likeness (QED) is 0.420. The van der Waals surface area contributed by atoms with Gasteiger partial charge in [-0.2, -0.15) is 0 Å². The van der Waals surface area contributed by atoms with E-state index in [0.717, 1.165) is 11.1 Å². The lowest BCUT2D eigenvalue weighted by Crippen LogP contribution is -2.14. The van der Waals surface area contributed by atoms with Crippen LogP contribution in [0.2, 0.25) is 0 Å². The normalized spacial score (nSPS) is 10.6. The smallest absolute Gasteiger partial charge is 0.231 e. The molecule has 0 saturated carbocycles. The first-order valence-electron chi connectivity index (χ1n) is 9.78. The molecular weight excluding hydrogens is 390 g/mol. The third-order valence-electron chi connectivity index (χ3n) is 5.00. The zero-order valence-electron chi connectivity index (χ0n) is 17.1. The minimum Gasteiger partial charge on any atom is -0.351 e. The number of rotatable bonds is 6. The Morgan fingerprint density at radius 3 is 1.65 bits per heavy atom. The Hall–Kier alpha value is -4.12. The van der Waals surface area contributed by atoms with E-state index >= 15 is 0 Å². The van der Waals surface area contributed by atoms with Crippen molar-refractivity contribution in [2.75, 3.05) is 0 Å². The molecule has 5 nitrogen and oxygen atoms in total. The molecule has 4 rings (SSSR count). The summed E-state index contributed by atoms with van der Waals surface area (Å²) in [6.45, 7) is 3.82. The molecule has 0 aliphatic rings. The van der Waals surface area contributed by atoms with E-state index in [2.05, 4.69) is 5.16 Å². The highest BCUT2D eigenvalue weighted by atomic mass is 16.5. The first-order valence-corrected chi connectivity index (χ1v) is 9.78. The molecule has 152 valence electrons. The number of carbonyl (C=O) groups excluding carboxylic acids is 3. The van der Waals surface area contributed by atoms with Crippen molar-refractivity contribution >= 4 is 17.3 Å². The average Bonchev–Trinajstić information content (AvgIpc) is 3.24. The van der Waals surface area contributed by atoms with E-state index in [1.54, 1.807) is 78.9 Å². The van der Waals surface area contributed by atoms with Gasteiger partial charge in [0.1, 0.15) is 5.56 Å². The summed E-state index contributed by atoms with van der Waals surface area (Å²) in [5.41, 5.74) is 2.73. The lowest BCUT2D eigenvalue weighted by Gasteiger charge is -2.05. The van der Waals surface area contributed by atoms with Crippen molar-refractivity contribution in [3.05, 3.63) is 124 Å². The zero-order valence-corrected chi connectivity index (χ0v) is 17.1. The highest BCUT2D eigenvalue weighted by Crippen LogP contribution is 2.24. The van der Waals surface area contributed by atoms with Gasteiger partial charge in [0.05, 0.1) is 0 Å². The van der Waals surface area contributed by atoms with Crippen LogP contribution in [-0.4, -0.2) is 22.5 Å². The van der Waals surface area contributed by atoms with Crippen molar-refractivity contribution in [3.8, 4) is 0 Å². The lowest BCUT2D eigenvalue weighted by molar-refractivity contribution is 0.0978. The van der Waals surface area contributed by atoms with Gasteiger partial charge in [0.15, 0.2) is 11.5 Å². The highest BCUT2D eigenvalue weighted by Gasteiger charge is 2.32. The van der Waals surface area contributed by atoms with Crippen LogP contribution in [0.4, 0.5) is 0 Å². The minimum absolute atomic E-state index is 0.123. The van der Waals surface area contributed by atoms with E-state index in [9.17, 15) is 14.4 Å². The molecule has 31 heavy (non-hydrogen) atoms. The van der Waals surface area contributed by atoms with Crippen LogP contribution in [0.25, 0.3) is 0 Å². The molecule has 0 saturated heterocycles. The number of aromatic nitrogens is 1. The Morgan fingerprint density at radius 2 is 1.10 bits per heavy atom. The van der Waals surface area contributed by atoms with Crippen molar-refractivity contribution in [3.63, 3.8) is 0 Å². The molecule has 0 aliphatic carbocycles. The fourth-order valence-corrected chi connectivity index (χ4v) is 3.22. The largest absolute Gasteiger partial charge is 0.351 e. The van der Waals surface area contributed by atoms with Crippen LogP contribution >= 0.6 is 0 Å². The van der Waals surface area contributed by atoms with Crippen LogP contribution in [0.5, 0.6) is 0 Å². The molecule has 0 spiro atoms. The lowest BCUT2D eigenvalue weighted by atomic mass is 9.94. The number of aryl methyl sites for hydroxylation is 2. The number of benzene rings is 3. The Bertz CT molecular complexity index is 1190. The summed E-state index contributed by atoms with van der Waals surface area (Å²) in [4.78, 5) is 39.6. The van der Waals surface area contributed by atoms with Gasteiger partial charge in [0.25, 0.3) is 0 Å². The number of hydrogen-bond donors (Lipinski definition) is 0. The summed E-state index contributed by atoms with van der Waals surface area (Å²) in [6.07, 6.45) is 0. The predicted molar refractivity (Wildman–Crippen MR) is 116 cm³/mol. The molecule has 1 heterocycles. The van der Waals surface area contributed by atoms with Crippen LogP contribution in [0.3, 0.4) is 0 Å². The van der Waals surface area contributed by atoms with E-state index < -0.39 is 17.3 Å². The molecule has 0 fully saturated rings. The summed E-state index contributed by atoms with van der Waals surface area (Å²) < 4.78 is 5.31. The first kappa shape index (κ1) is 20.2. The molecule has 0 N–H and O–H groups in total. The van der Waals surface area contributed by atoms with Crippen LogP contribution < -0.4 is 0 Å². The molecule has 0 unspecified atom stereocenters. The van der Waals surface area contributed by atoms with Gasteiger partial charge in [-0.1, -0.05) is 95.1 Å². The number of hydrogen-bond acceptors (Lipinski definition) is 5. The molecule has 0 radical (unpaired) electrons. The second kappa shape index (κ2) is 8.32. The third kappa shape index (κ3) is 3.98. The van der Waals surface area contributed by atoms with Gasteiger partial charge in [-0.3, -0.25) is 14.4 Å². The van der Waals surface area contributed by atoms with E-state index in [-0.39, 0.29) is 17.0 Å². The first-order chi connectivity index (χ1) is 15.0.